The number of aromatic nitrogens is 2. The Labute approximate surface area is 108 Å². The van der Waals surface area contributed by atoms with Crippen LogP contribution < -0.4 is 0 Å². The first kappa shape index (κ1) is 12.2. The number of halogens is 2. The van der Waals surface area contributed by atoms with Gasteiger partial charge in [-0.05, 0) is 27.9 Å². The van der Waals surface area contributed by atoms with Gasteiger partial charge in [0.05, 0.1) is 0 Å². The second-order valence-electron chi connectivity index (χ2n) is 3.77. The third-order valence-corrected chi connectivity index (χ3v) is 3.07. The molecule has 88 valence electrons. The van der Waals surface area contributed by atoms with Crippen LogP contribution in [-0.4, -0.2) is 9.97 Å². The van der Waals surface area contributed by atoms with Gasteiger partial charge >= 0.3 is 0 Å². The maximum atomic E-state index is 13.8. The molecule has 0 atom stereocenters. The van der Waals surface area contributed by atoms with Crippen LogP contribution in [0.4, 0.5) is 4.39 Å². The van der Waals surface area contributed by atoms with Crippen molar-refractivity contribution in [1.29, 1.82) is 0 Å². The van der Waals surface area contributed by atoms with Gasteiger partial charge in [0, 0.05) is 5.56 Å². The third kappa shape index (κ3) is 2.69. The largest absolute Gasteiger partial charge is 0.233 e. The fourth-order valence-electron chi connectivity index (χ4n) is 1.67. The van der Waals surface area contributed by atoms with Crippen molar-refractivity contribution in [1.82, 2.24) is 9.97 Å². The predicted molar refractivity (Wildman–Crippen MR) is 69.1 cm³/mol. The molecule has 0 saturated heterocycles. The zero-order valence-corrected chi connectivity index (χ0v) is 11.0. The molecule has 0 N–H and O–H groups in total. The van der Waals surface area contributed by atoms with Crippen LogP contribution in [-0.2, 0) is 6.42 Å². The number of nitrogens with zero attached hydrogens (tertiary/aromatic N) is 2. The van der Waals surface area contributed by atoms with E-state index >= 15 is 0 Å². The van der Waals surface area contributed by atoms with Crippen LogP contribution in [0.2, 0.25) is 0 Å². The molecule has 0 saturated carbocycles. The normalized spacial score (nSPS) is 10.5. The van der Waals surface area contributed by atoms with E-state index in [1.54, 1.807) is 0 Å². The molecule has 0 aliphatic carbocycles. The van der Waals surface area contributed by atoms with Gasteiger partial charge in [-0.15, -0.1) is 0 Å². The zero-order valence-electron chi connectivity index (χ0n) is 9.45. The van der Waals surface area contributed by atoms with Crippen LogP contribution in [0, 0.1) is 5.82 Å². The van der Waals surface area contributed by atoms with E-state index in [-0.39, 0.29) is 4.60 Å². The third-order valence-electron chi connectivity index (χ3n) is 2.51. The molecule has 1 aromatic carbocycles. The fourth-order valence-corrected chi connectivity index (χ4v) is 1.95. The molecule has 0 aliphatic rings. The molecule has 17 heavy (non-hydrogen) atoms. The Bertz CT molecular complexity index is 511. The molecular formula is C13H12BrFN2. The molecule has 1 heterocycles. The van der Waals surface area contributed by atoms with Crippen LogP contribution in [0.25, 0.3) is 11.3 Å². The molecule has 0 fully saturated rings. The molecular weight excluding hydrogens is 283 g/mol. The number of benzene rings is 1. The van der Waals surface area contributed by atoms with E-state index in [0.29, 0.717) is 5.69 Å². The van der Waals surface area contributed by atoms with Crippen LogP contribution in [0.3, 0.4) is 0 Å². The molecule has 0 unspecified atom stereocenters. The highest BCUT2D eigenvalue weighted by atomic mass is 79.9. The molecule has 1 aromatic heterocycles. The maximum absolute atomic E-state index is 13.8. The Morgan fingerprint density at radius 2 is 1.88 bits per heavy atom. The summed E-state index contributed by atoms with van der Waals surface area (Å²) in [5.74, 6) is -0.421. The minimum atomic E-state index is -0.421. The first-order valence-corrected chi connectivity index (χ1v) is 6.27. The lowest BCUT2D eigenvalue weighted by molar-refractivity contribution is 0.609. The van der Waals surface area contributed by atoms with E-state index in [9.17, 15) is 4.39 Å². The van der Waals surface area contributed by atoms with Crippen molar-refractivity contribution in [3.63, 3.8) is 0 Å². The van der Waals surface area contributed by atoms with Gasteiger partial charge in [-0.3, -0.25) is 0 Å². The van der Waals surface area contributed by atoms with Crippen molar-refractivity contribution in [2.24, 2.45) is 0 Å². The lowest BCUT2D eigenvalue weighted by atomic mass is 10.1. The minimum Gasteiger partial charge on any atom is -0.233 e. The van der Waals surface area contributed by atoms with Crippen molar-refractivity contribution in [3.8, 4) is 11.3 Å². The molecule has 0 amide bonds. The Hall–Kier alpha value is -1.29. The summed E-state index contributed by atoms with van der Waals surface area (Å²) in [6, 6.07) is 7.80. The minimum absolute atomic E-state index is 0.195. The van der Waals surface area contributed by atoms with Crippen molar-refractivity contribution in [2.45, 2.75) is 19.8 Å². The summed E-state index contributed by atoms with van der Waals surface area (Å²) < 4.78 is 14.0. The molecule has 0 radical (unpaired) electrons. The number of hydrogen-bond donors (Lipinski definition) is 0. The van der Waals surface area contributed by atoms with Gasteiger partial charge in [-0.1, -0.05) is 37.6 Å². The quantitative estimate of drug-likeness (QED) is 0.800. The first-order chi connectivity index (χ1) is 8.22. The van der Waals surface area contributed by atoms with E-state index in [0.717, 1.165) is 18.4 Å². The number of rotatable bonds is 3. The smallest absolute Gasteiger partial charge is 0.182 e. The second kappa shape index (κ2) is 5.36. The van der Waals surface area contributed by atoms with Crippen molar-refractivity contribution in [3.05, 3.63) is 46.6 Å². The molecule has 2 rings (SSSR count). The molecule has 4 heteroatoms. The van der Waals surface area contributed by atoms with Crippen LogP contribution in [0.5, 0.6) is 0 Å². The van der Waals surface area contributed by atoms with E-state index in [1.165, 1.54) is 11.9 Å². The summed E-state index contributed by atoms with van der Waals surface area (Å²) in [6.07, 6.45) is 3.49. The van der Waals surface area contributed by atoms with E-state index in [1.807, 2.05) is 24.3 Å². The lowest BCUT2D eigenvalue weighted by Gasteiger charge is -2.04. The van der Waals surface area contributed by atoms with Crippen LogP contribution in [0.15, 0.2) is 35.2 Å². The average molecular weight is 295 g/mol. The van der Waals surface area contributed by atoms with Gasteiger partial charge in [-0.2, -0.15) is 0 Å². The molecule has 2 nitrogen and oxygen atoms in total. The Kier molecular flexibility index (Phi) is 3.84. The van der Waals surface area contributed by atoms with Crippen LogP contribution in [0.1, 0.15) is 18.9 Å². The van der Waals surface area contributed by atoms with E-state index in [2.05, 4.69) is 32.8 Å². The average Bonchev–Trinajstić information content (AvgIpc) is 2.34. The van der Waals surface area contributed by atoms with Gasteiger partial charge in [0.1, 0.15) is 16.6 Å². The summed E-state index contributed by atoms with van der Waals surface area (Å²) in [5, 5.41) is 0. The standard InChI is InChI=1S/C13H12BrFN2/c1-2-3-9-4-6-10(7-5-9)12-11(15)13(14)17-8-16-12/h4-8H,2-3H2,1H3. The van der Waals surface area contributed by atoms with Crippen molar-refractivity contribution < 1.29 is 4.39 Å². The highest BCUT2D eigenvalue weighted by Crippen LogP contribution is 2.24. The van der Waals surface area contributed by atoms with E-state index in [4.69, 9.17) is 0 Å². The number of aryl methyl sites for hydroxylation is 1. The van der Waals surface area contributed by atoms with Gasteiger partial charge in [0.15, 0.2) is 5.82 Å². The molecule has 0 aliphatic heterocycles. The van der Waals surface area contributed by atoms with Crippen LogP contribution >= 0.6 is 15.9 Å². The second-order valence-corrected chi connectivity index (χ2v) is 4.53. The summed E-state index contributed by atoms with van der Waals surface area (Å²) in [4.78, 5) is 7.71. The Balaban J connectivity index is 2.36. The monoisotopic (exact) mass is 294 g/mol. The summed E-state index contributed by atoms with van der Waals surface area (Å²) in [5.41, 5.74) is 2.35. The van der Waals surface area contributed by atoms with Gasteiger partial charge in [0.25, 0.3) is 0 Å². The number of hydrogen-bond acceptors (Lipinski definition) is 2. The Morgan fingerprint density at radius 1 is 1.18 bits per heavy atom. The van der Waals surface area contributed by atoms with Gasteiger partial charge < -0.3 is 0 Å². The van der Waals surface area contributed by atoms with Crippen molar-refractivity contribution >= 4 is 15.9 Å². The first-order valence-electron chi connectivity index (χ1n) is 5.47. The highest BCUT2D eigenvalue weighted by Gasteiger charge is 2.10. The summed E-state index contributed by atoms with van der Waals surface area (Å²) >= 11 is 3.06. The zero-order chi connectivity index (χ0) is 12.3. The molecule has 0 bridgehead atoms. The summed E-state index contributed by atoms with van der Waals surface area (Å²) in [7, 11) is 0. The van der Waals surface area contributed by atoms with Gasteiger partial charge in [-0.25, -0.2) is 14.4 Å². The highest BCUT2D eigenvalue weighted by molar-refractivity contribution is 9.10. The SMILES string of the molecule is CCCc1ccc(-c2ncnc(Br)c2F)cc1. The topological polar surface area (TPSA) is 25.8 Å². The van der Waals surface area contributed by atoms with E-state index < -0.39 is 5.82 Å². The van der Waals surface area contributed by atoms with Gasteiger partial charge in [0.2, 0.25) is 0 Å². The maximum Gasteiger partial charge on any atom is 0.182 e. The van der Waals surface area contributed by atoms with Crippen molar-refractivity contribution in [2.75, 3.05) is 0 Å². The lowest BCUT2D eigenvalue weighted by Crippen LogP contribution is -1.93. The predicted octanol–water partition coefficient (Wildman–Crippen LogP) is 4.00. The fraction of sp³-hybridized carbons (Fsp3) is 0.231. The molecule has 2 aromatic rings. The summed E-state index contributed by atoms with van der Waals surface area (Å²) in [6.45, 7) is 2.13. The Morgan fingerprint density at radius 3 is 2.53 bits per heavy atom. The molecule has 0 spiro atoms.